The molecule has 118 valence electrons. The van der Waals surface area contributed by atoms with Gasteiger partial charge in [-0.2, -0.15) is 5.10 Å². The van der Waals surface area contributed by atoms with E-state index in [1.807, 2.05) is 19.1 Å². The van der Waals surface area contributed by atoms with Gasteiger partial charge in [-0.3, -0.25) is 9.67 Å². The number of halogens is 2. The predicted molar refractivity (Wildman–Crippen MR) is 89.4 cm³/mol. The summed E-state index contributed by atoms with van der Waals surface area (Å²) >= 11 is 12.1. The van der Waals surface area contributed by atoms with Crippen LogP contribution in [-0.4, -0.2) is 34.3 Å². The van der Waals surface area contributed by atoms with Crippen molar-refractivity contribution >= 4 is 29.2 Å². The molecule has 2 N–H and O–H groups in total. The summed E-state index contributed by atoms with van der Waals surface area (Å²) < 4.78 is 1.75. The van der Waals surface area contributed by atoms with E-state index in [1.54, 1.807) is 24.1 Å². The van der Waals surface area contributed by atoms with E-state index in [4.69, 9.17) is 23.2 Å². The number of hydrogen-bond acceptors (Lipinski definition) is 3. The van der Waals surface area contributed by atoms with Gasteiger partial charge in [-0.05, 0) is 24.6 Å². The number of hydrogen-bond donors (Lipinski definition) is 2. The zero-order chi connectivity index (χ0) is 15.9. The van der Waals surface area contributed by atoms with Gasteiger partial charge >= 0.3 is 0 Å². The minimum absolute atomic E-state index is 0.00216. The third-order valence-electron chi connectivity index (χ3n) is 3.11. The molecule has 1 aromatic heterocycles. The molecule has 0 aliphatic heterocycles. The number of aliphatic imine (C=N–C) groups is 1. The largest absolute Gasteiger partial charge is 0.355 e. The lowest BCUT2D eigenvalue weighted by Gasteiger charge is -2.19. The highest BCUT2D eigenvalue weighted by atomic mass is 35.5. The topological polar surface area (TPSA) is 67.1 Å². The smallest absolute Gasteiger partial charge is 0.191 e. The van der Waals surface area contributed by atoms with E-state index in [0.29, 0.717) is 29.1 Å². The van der Waals surface area contributed by atoms with Crippen molar-refractivity contribution in [2.45, 2.75) is 19.5 Å². The van der Waals surface area contributed by atoms with E-state index >= 15 is 0 Å². The van der Waals surface area contributed by atoms with E-state index in [-0.39, 0.29) is 6.04 Å². The van der Waals surface area contributed by atoms with Gasteiger partial charge < -0.3 is 10.6 Å². The van der Waals surface area contributed by atoms with Crippen LogP contribution in [0.15, 0.2) is 35.8 Å². The van der Waals surface area contributed by atoms with Gasteiger partial charge in [0.25, 0.3) is 0 Å². The zero-order valence-corrected chi connectivity index (χ0v) is 13.9. The Balaban J connectivity index is 1.89. The Morgan fingerprint density at radius 3 is 2.86 bits per heavy atom. The first-order chi connectivity index (χ1) is 10.6. The maximum Gasteiger partial charge on any atom is 0.191 e. The van der Waals surface area contributed by atoms with Crippen LogP contribution < -0.4 is 10.6 Å². The first-order valence-corrected chi connectivity index (χ1v) is 7.60. The summed E-state index contributed by atoms with van der Waals surface area (Å²) in [4.78, 5) is 8.10. The highest BCUT2D eigenvalue weighted by molar-refractivity contribution is 6.35. The number of benzene rings is 1. The maximum absolute atomic E-state index is 6.22. The molecule has 1 aromatic carbocycles. The van der Waals surface area contributed by atoms with E-state index in [2.05, 4.69) is 25.7 Å². The van der Waals surface area contributed by atoms with Crippen LogP contribution >= 0.6 is 23.2 Å². The van der Waals surface area contributed by atoms with E-state index in [0.717, 1.165) is 5.56 Å². The highest BCUT2D eigenvalue weighted by Crippen LogP contribution is 2.25. The second-order valence-corrected chi connectivity index (χ2v) is 5.53. The first kappa shape index (κ1) is 16.6. The van der Waals surface area contributed by atoms with Gasteiger partial charge in [0.15, 0.2) is 5.96 Å². The number of rotatable bonds is 5. The summed E-state index contributed by atoms with van der Waals surface area (Å²) in [5.41, 5.74) is 0.963. The van der Waals surface area contributed by atoms with Crippen molar-refractivity contribution in [3.63, 3.8) is 0 Å². The standard InChI is InChI=1S/C14H18Cl2N6/c1-10(12-4-3-11(15)7-13(12)16)21-14(17-2)19-5-6-22-9-18-8-20-22/h3-4,7-10H,5-6H2,1-2H3,(H2,17,19,21). The molecule has 0 aliphatic carbocycles. The quantitative estimate of drug-likeness (QED) is 0.648. The SMILES string of the molecule is CN=C(NCCn1cncn1)NC(C)c1ccc(Cl)cc1Cl. The van der Waals surface area contributed by atoms with Crippen molar-refractivity contribution in [2.75, 3.05) is 13.6 Å². The molecule has 0 spiro atoms. The third kappa shape index (κ3) is 4.61. The number of nitrogens with zero attached hydrogens (tertiary/aromatic N) is 4. The summed E-state index contributed by atoms with van der Waals surface area (Å²) in [6, 6.07) is 5.46. The highest BCUT2D eigenvalue weighted by Gasteiger charge is 2.11. The molecule has 2 rings (SSSR count). The summed E-state index contributed by atoms with van der Waals surface area (Å²) in [7, 11) is 1.72. The van der Waals surface area contributed by atoms with Crippen LogP contribution in [0.1, 0.15) is 18.5 Å². The molecule has 0 amide bonds. The summed E-state index contributed by atoms with van der Waals surface area (Å²) in [5.74, 6) is 0.693. The number of nitrogens with one attached hydrogen (secondary N) is 2. The Morgan fingerprint density at radius 2 is 2.23 bits per heavy atom. The van der Waals surface area contributed by atoms with Gasteiger partial charge in [-0.15, -0.1) is 0 Å². The van der Waals surface area contributed by atoms with Crippen molar-refractivity contribution in [2.24, 2.45) is 4.99 Å². The molecule has 8 heteroatoms. The summed E-state index contributed by atoms with van der Waals surface area (Å²) in [6.45, 7) is 3.40. The third-order valence-corrected chi connectivity index (χ3v) is 3.67. The van der Waals surface area contributed by atoms with Gasteiger partial charge in [0.1, 0.15) is 12.7 Å². The van der Waals surface area contributed by atoms with Crippen LogP contribution in [0.5, 0.6) is 0 Å². The molecule has 1 unspecified atom stereocenters. The average molecular weight is 341 g/mol. The van der Waals surface area contributed by atoms with Crippen LogP contribution in [0.2, 0.25) is 10.0 Å². The van der Waals surface area contributed by atoms with Crippen LogP contribution in [0.3, 0.4) is 0 Å². The minimum atomic E-state index is 0.00216. The molecule has 0 bridgehead atoms. The van der Waals surface area contributed by atoms with Gasteiger partial charge in [-0.25, -0.2) is 4.98 Å². The van der Waals surface area contributed by atoms with Crippen LogP contribution in [0, 0.1) is 0 Å². The molecular formula is C14H18Cl2N6. The lowest BCUT2D eigenvalue weighted by molar-refractivity contribution is 0.590. The minimum Gasteiger partial charge on any atom is -0.355 e. The molecule has 0 saturated heterocycles. The molecular weight excluding hydrogens is 323 g/mol. The molecule has 2 aromatic rings. The van der Waals surface area contributed by atoms with E-state index in [9.17, 15) is 0 Å². The second-order valence-electron chi connectivity index (χ2n) is 4.69. The second kappa shape index (κ2) is 8.00. The Kier molecular flexibility index (Phi) is 6.03. The molecule has 22 heavy (non-hydrogen) atoms. The van der Waals surface area contributed by atoms with E-state index < -0.39 is 0 Å². The fraction of sp³-hybridized carbons (Fsp3) is 0.357. The molecule has 1 atom stereocenters. The lowest BCUT2D eigenvalue weighted by atomic mass is 10.1. The van der Waals surface area contributed by atoms with Crippen molar-refractivity contribution < 1.29 is 0 Å². The maximum atomic E-state index is 6.22. The van der Waals surface area contributed by atoms with Crippen molar-refractivity contribution in [3.8, 4) is 0 Å². The number of guanidine groups is 1. The number of aromatic nitrogens is 3. The molecule has 0 radical (unpaired) electrons. The van der Waals surface area contributed by atoms with Crippen LogP contribution in [0.4, 0.5) is 0 Å². The normalized spacial score (nSPS) is 13.0. The molecule has 0 saturated carbocycles. The van der Waals surface area contributed by atoms with Gasteiger partial charge in [0, 0.05) is 23.6 Å². The van der Waals surface area contributed by atoms with Crippen molar-refractivity contribution in [1.82, 2.24) is 25.4 Å². The van der Waals surface area contributed by atoms with Gasteiger partial charge in [0.05, 0.1) is 12.6 Å². The Bertz CT molecular complexity index is 626. The molecule has 1 heterocycles. The van der Waals surface area contributed by atoms with Gasteiger partial charge in [-0.1, -0.05) is 29.3 Å². The fourth-order valence-electron chi connectivity index (χ4n) is 1.97. The molecule has 6 nitrogen and oxygen atoms in total. The lowest BCUT2D eigenvalue weighted by Crippen LogP contribution is -2.40. The van der Waals surface area contributed by atoms with E-state index in [1.165, 1.54) is 6.33 Å². The van der Waals surface area contributed by atoms with Crippen molar-refractivity contribution in [3.05, 3.63) is 46.5 Å². The fourth-order valence-corrected chi connectivity index (χ4v) is 2.54. The summed E-state index contributed by atoms with van der Waals surface area (Å²) in [5, 5.41) is 11.8. The monoisotopic (exact) mass is 340 g/mol. The van der Waals surface area contributed by atoms with Crippen LogP contribution in [0.25, 0.3) is 0 Å². The Morgan fingerprint density at radius 1 is 1.41 bits per heavy atom. The Hall–Kier alpha value is -1.79. The van der Waals surface area contributed by atoms with Crippen LogP contribution in [-0.2, 0) is 6.54 Å². The Labute approximate surface area is 139 Å². The average Bonchev–Trinajstić information content (AvgIpc) is 2.99. The summed E-state index contributed by atoms with van der Waals surface area (Å²) in [6.07, 6.45) is 3.19. The molecule has 0 fully saturated rings. The van der Waals surface area contributed by atoms with Crippen molar-refractivity contribution in [1.29, 1.82) is 0 Å². The first-order valence-electron chi connectivity index (χ1n) is 6.84. The van der Waals surface area contributed by atoms with Gasteiger partial charge in [0.2, 0.25) is 0 Å². The predicted octanol–water partition coefficient (Wildman–Crippen LogP) is 2.51. The molecule has 0 aliphatic rings. The zero-order valence-electron chi connectivity index (χ0n) is 12.4.